The van der Waals surface area contributed by atoms with Crippen molar-refractivity contribution in [1.29, 1.82) is 0 Å². The Morgan fingerprint density at radius 2 is 1.72 bits per heavy atom. The minimum absolute atomic E-state index is 0.0335. The number of carboxylic acid groups (broad SMARTS) is 1. The van der Waals surface area contributed by atoms with Gasteiger partial charge in [-0.2, -0.15) is 0 Å². The summed E-state index contributed by atoms with van der Waals surface area (Å²) >= 11 is 0. The number of hydrogen-bond acceptors (Lipinski definition) is 3. The Morgan fingerprint density at radius 1 is 1.04 bits per heavy atom. The van der Waals surface area contributed by atoms with E-state index in [1.54, 1.807) is 12.4 Å². The van der Waals surface area contributed by atoms with Crippen molar-refractivity contribution in [2.75, 3.05) is 0 Å². The molecular formula is C20H22N2O3. The summed E-state index contributed by atoms with van der Waals surface area (Å²) in [6.07, 6.45) is 5.95. The Morgan fingerprint density at radius 3 is 2.36 bits per heavy atom. The number of benzene rings is 1. The van der Waals surface area contributed by atoms with Gasteiger partial charge >= 0.3 is 5.97 Å². The molecule has 0 atom stereocenters. The average molecular weight is 338 g/mol. The summed E-state index contributed by atoms with van der Waals surface area (Å²) in [5.74, 6) is -1.17. The van der Waals surface area contributed by atoms with Gasteiger partial charge in [-0.05, 0) is 44.2 Å². The second kappa shape index (κ2) is 7.47. The summed E-state index contributed by atoms with van der Waals surface area (Å²) < 4.78 is 0. The van der Waals surface area contributed by atoms with Crippen molar-refractivity contribution in [3.8, 4) is 11.1 Å². The van der Waals surface area contributed by atoms with E-state index in [0.717, 1.165) is 11.1 Å². The van der Waals surface area contributed by atoms with Crippen LogP contribution in [0.25, 0.3) is 11.1 Å². The van der Waals surface area contributed by atoms with Crippen LogP contribution in [0.5, 0.6) is 0 Å². The Bertz CT molecular complexity index is 763. The number of nitrogens with zero attached hydrogens (tertiary/aromatic N) is 1. The van der Waals surface area contributed by atoms with Crippen molar-refractivity contribution in [1.82, 2.24) is 10.3 Å². The van der Waals surface area contributed by atoms with Gasteiger partial charge in [-0.15, -0.1) is 0 Å². The number of rotatable bonds is 4. The minimum Gasteiger partial charge on any atom is -0.481 e. The zero-order chi connectivity index (χ0) is 17.8. The second-order valence-corrected chi connectivity index (χ2v) is 6.69. The molecule has 0 bridgehead atoms. The maximum absolute atomic E-state index is 12.5. The lowest BCUT2D eigenvalue weighted by Gasteiger charge is -2.26. The molecule has 0 aliphatic heterocycles. The second-order valence-electron chi connectivity index (χ2n) is 6.69. The van der Waals surface area contributed by atoms with E-state index < -0.39 is 5.97 Å². The highest BCUT2D eigenvalue weighted by Gasteiger charge is 2.26. The first-order chi connectivity index (χ1) is 12.0. The monoisotopic (exact) mass is 338 g/mol. The van der Waals surface area contributed by atoms with Crippen LogP contribution in [-0.2, 0) is 4.79 Å². The van der Waals surface area contributed by atoms with Gasteiger partial charge in [0.2, 0.25) is 0 Å². The van der Waals surface area contributed by atoms with Crippen LogP contribution in [-0.4, -0.2) is 28.0 Å². The van der Waals surface area contributed by atoms with E-state index >= 15 is 0 Å². The molecule has 5 nitrogen and oxygen atoms in total. The molecule has 0 unspecified atom stereocenters. The number of aryl methyl sites for hydroxylation is 1. The van der Waals surface area contributed by atoms with Gasteiger partial charge in [0, 0.05) is 24.0 Å². The number of carbonyl (C=O) groups excluding carboxylic acids is 1. The molecule has 1 fully saturated rings. The first-order valence-corrected chi connectivity index (χ1v) is 8.58. The van der Waals surface area contributed by atoms with Gasteiger partial charge in [-0.25, -0.2) is 0 Å². The number of aromatic nitrogens is 1. The van der Waals surface area contributed by atoms with Crippen LogP contribution < -0.4 is 5.32 Å². The summed E-state index contributed by atoms with van der Waals surface area (Å²) in [6, 6.07) is 9.97. The standard InChI is InChI=1S/C20H22N2O3/c1-13-2-4-14(5-3-13)16-10-17(12-21-11-16)19(23)22-18-8-6-15(7-9-18)20(24)25/h2-5,10-12,15,18H,6-9H2,1H3,(H,22,23)(H,24,25). The molecule has 1 amide bonds. The number of nitrogens with one attached hydrogen (secondary N) is 1. The third kappa shape index (κ3) is 4.24. The highest BCUT2D eigenvalue weighted by molar-refractivity contribution is 5.95. The topological polar surface area (TPSA) is 79.3 Å². The maximum Gasteiger partial charge on any atom is 0.306 e. The van der Waals surface area contributed by atoms with Gasteiger partial charge in [0.15, 0.2) is 0 Å². The van der Waals surface area contributed by atoms with E-state index in [0.29, 0.717) is 31.2 Å². The van der Waals surface area contributed by atoms with E-state index in [1.807, 2.05) is 37.3 Å². The number of aliphatic carboxylic acids is 1. The molecule has 1 saturated carbocycles. The molecule has 0 radical (unpaired) electrons. The summed E-state index contributed by atoms with van der Waals surface area (Å²) in [5, 5.41) is 12.1. The van der Waals surface area contributed by atoms with Gasteiger partial charge in [-0.1, -0.05) is 29.8 Å². The smallest absolute Gasteiger partial charge is 0.306 e. The fourth-order valence-corrected chi connectivity index (χ4v) is 3.22. The quantitative estimate of drug-likeness (QED) is 0.895. The highest BCUT2D eigenvalue weighted by atomic mass is 16.4. The molecule has 1 aromatic heterocycles. The Hall–Kier alpha value is -2.69. The van der Waals surface area contributed by atoms with Crippen molar-refractivity contribution in [3.63, 3.8) is 0 Å². The van der Waals surface area contributed by atoms with E-state index in [2.05, 4.69) is 10.3 Å². The minimum atomic E-state index is -0.736. The Kier molecular flexibility index (Phi) is 5.12. The fraction of sp³-hybridized carbons (Fsp3) is 0.350. The molecule has 1 heterocycles. The van der Waals surface area contributed by atoms with Crippen LogP contribution in [0, 0.1) is 12.8 Å². The number of pyridine rings is 1. The average Bonchev–Trinajstić information content (AvgIpc) is 2.63. The van der Waals surface area contributed by atoms with Crippen LogP contribution in [0.4, 0.5) is 0 Å². The molecule has 1 aliphatic rings. The van der Waals surface area contributed by atoms with Crippen LogP contribution >= 0.6 is 0 Å². The van der Waals surface area contributed by atoms with Gasteiger partial charge < -0.3 is 10.4 Å². The van der Waals surface area contributed by atoms with Crippen molar-refractivity contribution in [2.45, 2.75) is 38.6 Å². The molecule has 3 rings (SSSR count). The van der Waals surface area contributed by atoms with E-state index in [9.17, 15) is 9.59 Å². The summed E-state index contributed by atoms with van der Waals surface area (Å²) in [4.78, 5) is 27.7. The number of carboxylic acids is 1. The zero-order valence-electron chi connectivity index (χ0n) is 14.2. The van der Waals surface area contributed by atoms with Gasteiger partial charge in [0.25, 0.3) is 5.91 Å². The Labute approximate surface area is 147 Å². The van der Waals surface area contributed by atoms with Crippen molar-refractivity contribution < 1.29 is 14.7 Å². The van der Waals surface area contributed by atoms with Gasteiger partial charge in [0.1, 0.15) is 0 Å². The normalized spacial score (nSPS) is 20.0. The van der Waals surface area contributed by atoms with E-state index in [4.69, 9.17) is 5.11 Å². The molecule has 2 aromatic rings. The van der Waals surface area contributed by atoms with Gasteiger partial charge in [-0.3, -0.25) is 14.6 Å². The molecule has 1 aliphatic carbocycles. The van der Waals surface area contributed by atoms with Crippen LogP contribution in [0.1, 0.15) is 41.6 Å². The van der Waals surface area contributed by atoms with Crippen LogP contribution in [0.15, 0.2) is 42.7 Å². The predicted molar refractivity (Wildman–Crippen MR) is 95.3 cm³/mol. The lowest BCUT2D eigenvalue weighted by atomic mass is 9.86. The lowest BCUT2D eigenvalue weighted by Crippen LogP contribution is -2.38. The third-order valence-electron chi connectivity index (χ3n) is 4.80. The fourth-order valence-electron chi connectivity index (χ4n) is 3.22. The predicted octanol–water partition coefficient (Wildman–Crippen LogP) is 3.43. The summed E-state index contributed by atoms with van der Waals surface area (Å²) in [5.41, 5.74) is 3.64. The molecule has 1 aromatic carbocycles. The molecule has 2 N–H and O–H groups in total. The molecule has 0 spiro atoms. The number of hydrogen-bond donors (Lipinski definition) is 2. The van der Waals surface area contributed by atoms with E-state index in [-0.39, 0.29) is 17.9 Å². The zero-order valence-corrected chi connectivity index (χ0v) is 14.2. The largest absolute Gasteiger partial charge is 0.481 e. The molecule has 130 valence electrons. The first kappa shape index (κ1) is 17.1. The SMILES string of the molecule is Cc1ccc(-c2cncc(C(=O)NC3CCC(C(=O)O)CC3)c2)cc1. The highest BCUT2D eigenvalue weighted by Crippen LogP contribution is 2.25. The molecule has 5 heteroatoms. The number of carbonyl (C=O) groups is 2. The van der Waals surface area contributed by atoms with Gasteiger partial charge in [0.05, 0.1) is 11.5 Å². The van der Waals surface area contributed by atoms with E-state index in [1.165, 1.54) is 5.56 Å². The first-order valence-electron chi connectivity index (χ1n) is 8.58. The summed E-state index contributed by atoms with van der Waals surface area (Å²) in [7, 11) is 0. The number of amides is 1. The summed E-state index contributed by atoms with van der Waals surface area (Å²) in [6.45, 7) is 2.03. The van der Waals surface area contributed by atoms with Crippen molar-refractivity contribution >= 4 is 11.9 Å². The third-order valence-corrected chi connectivity index (χ3v) is 4.80. The van der Waals surface area contributed by atoms with Crippen LogP contribution in [0.2, 0.25) is 0 Å². The molecule has 0 saturated heterocycles. The Balaban J connectivity index is 1.66. The lowest BCUT2D eigenvalue weighted by molar-refractivity contribution is -0.142. The molecule has 25 heavy (non-hydrogen) atoms. The van der Waals surface area contributed by atoms with Crippen LogP contribution in [0.3, 0.4) is 0 Å². The van der Waals surface area contributed by atoms with Crippen molar-refractivity contribution in [2.24, 2.45) is 5.92 Å². The van der Waals surface area contributed by atoms with Crippen molar-refractivity contribution in [3.05, 3.63) is 53.9 Å². The molecular weight excluding hydrogens is 316 g/mol. The maximum atomic E-state index is 12.5.